The largest absolute Gasteiger partial charge is 0.480 e. The molecule has 0 spiro atoms. The fraction of sp³-hybridized carbons (Fsp3) is 0.474. The van der Waals surface area contributed by atoms with Crippen molar-refractivity contribution in [3.8, 4) is 0 Å². The molecule has 26 heavy (non-hydrogen) atoms. The summed E-state index contributed by atoms with van der Waals surface area (Å²) in [6.45, 7) is 1.66. The zero-order chi connectivity index (χ0) is 18.8. The van der Waals surface area contributed by atoms with Crippen molar-refractivity contribution in [2.75, 3.05) is 0 Å². The van der Waals surface area contributed by atoms with Gasteiger partial charge in [-0.25, -0.2) is 4.79 Å². The highest BCUT2D eigenvalue weighted by atomic mass is 16.4. The molecule has 1 unspecified atom stereocenters. The third-order valence-electron chi connectivity index (χ3n) is 5.13. The Hall–Kier alpha value is -2.70. The van der Waals surface area contributed by atoms with Crippen LogP contribution in [0.15, 0.2) is 18.2 Å². The van der Waals surface area contributed by atoms with Crippen LogP contribution in [0.5, 0.6) is 0 Å². The number of nitrogens with zero attached hydrogens (tertiary/aromatic N) is 1. The molecule has 2 aliphatic rings. The zero-order valence-corrected chi connectivity index (χ0v) is 14.7. The first kappa shape index (κ1) is 18.1. The van der Waals surface area contributed by atoms with Gasteiger partial charge in [-0.1, -0.05) is 26.2 Å². The Morgan fingerprint density at radius 1 is 1.15 bits per heavy atom. The van der Waals surface area contributed by atoms with Gasteiger partial charge in [0.2, 0.25) is 0 Å². The Morgan fingerprint density at radius 2 is 1.81 bits per heavy atom. The summed E-state index contributed by atoms with van der Waals surface area (Å²) in [6.07, 6.45) is 4.99. The highest BCUT2D eigenvalue weighted by molar-refractivity contribution is 6.22. The molecule has 2 N–H and O–H groups in total. The molecule has 138 valence electrons. The molecule has 0 aromatic heterocycles. The number of carboxylic acid groups (broad SMARTS) is 1. The van der Waals surface area contributed by atoms with Crippen LogP contribution in [0.2, 0.25) is 0 Å². The van der Waals surface area contributed by atoms with E-state index in [9.17, 15) is 19.2 Å². The van der Waals surface area contributed by atoms with Gasteiger partial charge in [-0.15, -0.1) is 0 Å². The van der Waals surface area contributed by atoms with Crippen molar-refractivity contribution in [1.82, 2.24) is 10.2 Å². The smallest absolute Gasteiger partial charge is 0.326 e. The standard InChI is InChI=1S/C19H22N2O5/c1-2-15(19(25)26)20-16(22)11-8-9-13-14(10-11)18(24)21(17(13)23)12-6-4-3-5-7-12/h8-10,12,15H,2-7H2,1H3,(H,20,22)(H,25,26). The van der Waals surface area contributed by atoms with Gasteiger partial charge in [0.1, 0.15) is 6.04 Å². The summed E-state index contributed by atoms with van der Waals surface area (Å²) in [5, 5.41) is 11.5. The lowest BCUT2D eigenvalue weighted by Crippen LogP contribution is -2.41. The quantitative estimate of drug-likeness (QED) is 0.786. The molecule has 0 bridgehead atoms. The third kappa shape index (κ3) is 3.21. The second-order valence-electron chi connectivity index (χ2n) is 6.81. The molecule has 1 heterocycles. The highest BCUT2D eigenvalue weighted by Crippen LogP contribution is 2.31. The summed E-state index contributed by atoms with van der Waals surface area (Å²) in [4.78, 5) is 50.1. The van der Waals surface area contributed by atoms with Crippen molar-refractivity contribution in [3.05, 3.63) is 34.9 Å². The van der Waals surface area contributed by atoms with E-state index in [2.05, 4.69) is 5.32 Å². The van der Waals surface area contributed by atoms with Crippen LogP contribution in [0.4, 0.5) is 0 Å². The topological polar surface area (TPSA) is 104 Å². The van der Waals surface area contributed by atoms with Crippen LogP contribution in [0.3, 0.4) is 0 Å². The van der Waals surface area contributed by atoms with E-state index in [1.807, 2.05) is 0 Å². The fourth-order valence-electron chi connectivity index (χ4n) is 3.65. The summed E-state index contributed by atoms with van der Waals surface area (Å²) in [7, 11) is 0. The number of hydrogen-bond acceptors (Lipinski definition) is 4. The number of benzene rings is 1. The molecule has 1 aliphatic heterocycles. The van der Waals surface area contributed by atoms with E-state index in [4.69, 9.17) is 5.11 Å². The molecule has 7 heteroatoms. The monoisotopic (exact) mass is 358 g/mol. The van der Waals surface area contributed by atoms with Crippen LogP contribution in [-0.2, 0) is 4.79 Å². The van der Waals surface area contributed by atoms with E-state index in [0.717, 1.165) is 32.1 Å². The van der Waals surface area contributed by atoms with Gasteiger partial charge in [0.15, 0.2) is 0 Å². The fourth-order valence-corrected chi connectivity index (χ4v) is 3.65. The maximum atomic E-state index is 12.7. The summed E-state index contributed by atoms with van der Waals surface area (Å²) in [5.74, 6) is -2.35. The first-order chi connectivity index (χ1) is 12.4. The number of amides is 3. The normalized spacial score (nSPS) is 18.6. The number of nitrogens with one attached hydrogen (secondary N) is 1. The maximum absolute atomic E-state index is 12.7. The molecule has 0 saturated heterocycles. The van der Waals surface area contributed by atoms with Crippen molar-refractivity contribution < 1.29 is 24.3 Å². The van der Waals surface area contributed by atoms with Crippen molar-refractivity contribution in [3.63, 3.8) is 0 Å². The van der Waals surface area contributed by atoms with E-state index in [1.54, 1.807) is 6.92 Å². The van der Waals surface area contributed by atoms with Crippen molar-refractivity contribution in [2.24, 2.45) is 0 Å². The van der Waals surface area contributed by atoms with E-state index >= 15 is 0 Å². The molecule has 1 aromatic carbocycles. The van der Waals surface area contributed by atoms with Gasteiger partial charge in [-0.2, -0.15) is 0 Å². The Bertz CT molecular complexity index is 767. The van der Waals surface area contributed by atoms with Crippen LogP contribution in [-0.4, -0.2) is 45.8 Å². The molecule has 3 amide bonds. The Morgan fingerprint density at radius 3 is 2.42 bits per heavy atom. The second-order valence-corrected chi connectivity index (χ2v) is 6.81. The third-order valence-corrected chi connectivity index (χ3v) is 5.13. The number of rotatable bonds is 5. The molecule has 1 saturated carbocycles. The van der Waals surface area contributed by atoms with E-state index < -0.39 is 17.9 Å². The van der Waals surface area contributed by atoms with E-state index in [1.165, 1.54) is 23.1 Å². The van der Waals surface area contributed by atoms with Gasteiger partial charge in [-0.3, -0.25) is 19.3 Å². The predicted molar refractivity (Wildman–Crippen MR) is 93.0 cm³/mol. The van der Waals surface area contributed by atoms with E-state index in [0.29, 0.717) is 5.56 Å². The highest BCUT2D eigenvalue weighted by Gasteiger charge is 2.40. The molecule has 1 fully saturated rings. The molecule has 1 aliphatic carbocycles. The summed E-state index contributed by atoms with van der Waals surface area (Å²) < 4.78 is 0. The Kier molecular flexibility index (Phi) is 5.06. The van der Waals surface area contributed by atoms with Crippen LogP contribution in [0, 0.1) is 0 Å². The lowest BCUT2D eigenvalue weighted by atomic mass is 9.94. The molecule has 1 aromatic rings. The summed E-state index contributed by atoms with van der Waals surface area (Å²) in [6, 6.07) is 3.26. The minimum atomic E-state index is -1.11. The molecule has 0 radical (unpaired) electrons. The zero-order valence-electron chi connectivity index (χ0n) is 14.7. The molecular formula is C19H22N2O5. The summed E-state index contributed by atoms with van der Waals surface area (Å²) >= 11 is 0. The molecule has 1 atom stereocenters. The SMILES string of the molecule is CCC(NC(=O)c1ccc2c(c1)C(=O)N(C1CCCCC1)C2=O)C(=O)O. The van der Waals surface area contributed by atoms with Gasteiger partial charge < -0.3 is 10.4 Å². The average molecular weight is 358 g/mol. The number of imide groups is 1. The lowest BCUT2D eigenvalue weighted by molar-refractivity contribution is -0.139. The Balaban J connectivity index is 1.83. The number of carbonyl (C=O) groups is 4. The van der Waals surface area contributed by atoms with Crippen LogP contribution in [0.25, 0.3) is 0 Å². The Labute approximate surface area is 151 Å². The van der Waals surface area contributed by atoms with E-state index in [-0.39, 0.29) is 35.4 Å². The van der Waals surface area contributed by atoms with Gasteiger partial charge >= 0.3 is 5.97 Å². The number of hydrogen-bond donors (Lipinski definition) is 2. The first-order valence-electron chi connectivity index (χ1n) is 8.99. The number of carbonyl (C=O) groups excluding carboxylic acids is 3. The first-order valence-corrected chi connectivity index (χ1v) is 8.99. The summed E-state index contributed by atoms with van der Waals surface area (Å²) in [5.41, 5.74) is 0.703. The second kappa shape index (κ2) is 7.27. The number of carboxylic acids is 1. The molecule has 7 nitrogen and oxygen atoms in total. The lowest BCUT2D eigenvalue weighted by Gasteiger charge is -2.29. The van der Waals surface area contributed by atoms with Crippen LogP contribution < -0.4 is 5.32 Å². The number of fused-ring (bicyclic) bond motifs is 1. The minimum Gasteiger partial charge on any atom is -0.480 e. The van der Waals surface area contributed by atoms with Crippen LogP contribution in [0.1, 0.15) is 76.5 Å². The predicted octanol–water partition coefficient (Wildman–Crippen LogP) is 2.21. The molecule has 3 rings (SSSR count). The van der Waals surface area contributed by atoms with Crippen molar-refractivity contribution in [1.29, 1.82) is 0 Å². The molecular weight excluding hydrogens is 336 g/mol. The van der Waals surface area contributed by atoms with Gasteiger partial charge in [-0.05, 0) is 37.5 Å². The van der Waals surface area contributed by atoms with Crippen molar-refractivity contribution >= 4 is 23.7 Å². The van der Waals surface area contributed by atoms with Gasteiger partial charge in [0, 0.05) is 11.6 Å². The van der Waals surface area contributed by atoms with Gasteiger partial charge in [0.05, 0.1) is 11.1 Å². The van der Waals surface area contributed by atoms with Crippen molar-refractivity contribution in [2.45, 2.75) is 57.5 Å². The minimum absolute atomic E-state index is 0.0788. The van der Waals surface area contributed by atoms with Gasteiger partial charge in [0.25, 0.3) is 17.7 Å². The average Bonchev–Trinajstić information content (AvgIpc) is 2.90. The van der Waals surface area contributed by atoms with Crippen LogP contribution >= 0.6 is 0 Å². The number of aliphatic carboxylic acids is 1. The maximum Gasteiger partial charge on any atom is 0.326 e.